The van der Waals surface area contributed by atoms with Crippen molar-refractivity contribution in [3.8, 4) is 5.75 Å². The molecular weight excluding hydrogens is 480 g/mol. The van der Waals surface area contributed by atoms with Gasteiger partial charge in [-0.05, 0) is 43.0 Å². The first kappa shape index (κ1) is 24.4. The smallest absolute Gasteiger partial charge is 0.293 e. The Balaban J connectivity index is 1.40. The standard InChI is InChI=1S/C26H31ClN6O3/c1-4-16-7-11-33(12-8-16)26-28-15-19(27)23(30-26)29-18-5-6-20-17(13-18)14-22(25(35)32(20)3)36-21-9-10-31(2)24(21)34/h5-6,13-16,21H,4,7-12H2,1-3H3,(H,28,29,30)/t21-/m1/s1. The van der Waals surface area contributed by atoms with Gasteiger partial charge in [0.05, 0.1) is 11.7 Å². The summed E-state index contributed by atoms with van der Waals surface area (Å²) >= 11 is 6.43. The Morgan fingerprint density at radius 2 is 1.89 bits per heavy atom. The number of ether oxygens (including phenoxy) is 1. The topological polar surface area (TPSA) is 92.6 Å². The number of nitrogens with one attached hydrogen (secondary N) is 1. The second kappa shape index (κ2) is 9.97. The Labute approximate surface area is 215 Å². The highest BCUT2D eigenvalue weighted by Crippen LogP contribution is 2.29. The number of amides is 1. The molecule has 0 radical (unpaired) electrons. The van der Waals surface area contributed by atoms with Gasteiger partial charge in [-0.25, -0.2) is 4.98 Å². The molecule has 0 saturated carbocycles. The molecule has 0 spiro atoms. The molecule has 10 heteroatoms. The summed E-state index contributed by atoms with van der Waals surface area (Å²) in [6.45, 7) is 4.73. The number of likely N-dealkylation sites (tertiary alicyclic amines) is 1. The monoisotopic (exact) mass is 510 g/mol. The predicted octanol–water partition coefficient (Wildman–Crippen LogP) is 3.96. The minimum absolute atomic E-state index is 0.110. The second-order valence-electron chi connectivity index (χ2n) is 9.63. The zero-order valence-electron chi connectivity index (χ0n) is 20.8. The van der Waals surface area contributed by atoms with Gasteiger partial charge in [-0.3, -0.25) is 9.59 Å². The maximum absolute atomic E-state index is 12.9. The lowest BCUT2D eigenvalue weighted by Crippen LogP contribution is -2.34. The molecule has 9 nitrogen and oxygen atoms in total. The summed E-state index contributed by atoms with van der Waals surface area (Å²) < 4.78 is 7.40. The molecule has 0 unspecified atom stereocenters. The highest BCUT2D eigenvalue weighted by Gasteiger charge is 2.31. The van der Waals surface area contributed by atoms with E-state index in [4.69, 9.17) is 21.3 Å². The van der Waals surface area contributed by atoms with Crippen LogP contribution in [-0.4, -0.2) is 58.1 Å². The fourth-order valence-electron chi connectivity index (χ4n) is 4.94. The normalized spacial score (nSPS) is 18.8. The van der Waals surface area contributed by atoms with Crippen LogP contribution in [-0.2, 0) is 11.8 Å². The second-order valence-corrected chi connectivity index (χ2v) is 10.0. The molecule has 2 aliphatic heterocycles. The van der Waals surface area contributed by atoms with Crippen LogP contribution in [0, 0.1) is 5.92 Å². The number of halogens is 1. The molecule has 2 fully saturated rings. The van der Waals surface area contributed by atoms with E-state index in [0.29, 0.717) is 29.8 Å². The Morgan fingerprint density at radius 3 is 2.58 bits per heavy atom. The van der Waals surface area contributed by atoms with Crippen molar-refractivity contribution in [2.75, 3.05) is 36.9 Å². The van der Waals surface area contributed by atoms with Crippen molar-refractivity contribution in [2.24, 2.45) is 13.0 Å². The van der Waals surface area contributed by atoms with Gasteiger partial charge >= 0.3 is 0 Å². The van der Waals surface area contributed by atoms with Gasteiger partial charge in [-0.15, -0.1) is 0 Å². The molecule has 3 aromatic rings. The molecule has 1 amide bonds. The van der Waals surface area contributed by atoms with Crippen LogP contribution in [0.2, 0.25) is 5.02 Å². The van der Waals surface area contributed by atoms with Crippen LogP contribution in [0.15, 0.2) is 35.3 Å². The average molecular weight is 511 g/mol. The summed E-state index contributed by atoms with van der Waals surface area (Å²) in [4.78, 5) is 38.1. The quantitative estimate of drug-likeness (QED) is 0.536. The minimum Gasteiger partial charge on any atom is -0.475 e. The van der Waals surface area contributed by atoms with Crippen molar-refractivity contribution in [3.63, 3.8) is 0 Å². The molecule has 0 aliphatic carbocycles. The van der Waals surface area contributed by atoms with Crippen LogP contribution < -0.4 is 20.5 Å². The minimum atomic E-state index is -0.637. The third-order valence-corrected chi connectivity index (χ3v) is 7.58. The Bertz CT molecular complexity index is 1350. The summed E-state index contributed by atoms with van der Waals surface area (Å²) in [5.41, 5.74) is 1.24. The lowest BCUT2D eigenvalue weighted by Gasteiger charge is -2.31. The largest absolute Gasteiger partial charge is 0.475 e. The predicted molar refractivity (Wildman–Crippen MR) is 141 cm³/mol. The van der Waals surface area contributed by atoms with E-state index in [9.17, 15) is 9.59 Å². The number of carbonyl (C=O) groups is 1. The van der Waals surface area contributed by atoms with Crippen molar-refractivity contribution in [1.82, 2.24) is 19.4 Å². The van der Waals surface area contributed by atoms with Gasteiger partial charge in [0.15, 0.2) is 17.7 Å². The number of hydrogen-bond acceptors (Lipinski definition) is 7. The molecular formula is C26H31ClN6O3. The van der Waals surface area contributed by atoms with E-state index >= 15 is 0 Å². The van der Waals surface area contributed by atoms with Crippen molar-refractivity contribution in [1.29, 1.82) is 0 Å². The van der Waals surface area contributed by atoms with Gasteiger partial charge in [-0.2, -0.15) is 4.98 Å². The van der Waals surface area contributed by atoms with E-state index in [1.54, 1.807) is 31.3 Å². The van der Waals surface area contributed by atoms with Crippen LogP contribution in [0.4, 0.5) is 17.5 Å². The molecule has 2 saturated heterocycles. The average Bonchev–Trinajstić information content (AvgIpc) is 3.20. The summed E-state index contributed by atoms with van der Waals surface area (Å²) in [7, 11) is 3.43. The number of anilines is 3. The molecule has 190 valence electrons. The van der Waals surface area contributed by atoms with Crippen LogP contribution in [0.3, 0.4) is 0 Å². The molecule has 2 aliphatic rings. The van der Waals surface area contributed by atoms with Gasteiger partial charge in [-0.1, -0.05) is 24.9 Å². The number of nitrogens with zero attached hydrogens (tertiary/aromatic N) is 5. The van der Waals surface area contributed by atoms with Gasteiger partial charge in [0.1, 0.15) is 5.02 Å². The fourth-order valence-corrected chi connectivity index (χ4v) is 5.08. The lowest BCUT2D eigenvalue weighted by atomic mass is 9.95. The summed E-state index contributed by atoms with van der Waals surface area (Å²) in [6, 6.07) is 7.35. The van der Waals surface area contributed by atoms with Crippen LogP contribution in [0.5, 0.6) is 5.75 Å². The number of rotatable bonds is 6. The fraction of sp³-hybridized carbons (Fsp3) is 0.462. The van der Waals surface area contributed by atoms with E-state index in [1.165, 1.54) is 11.0 Å². The molecule has 0 bridgehead atoms. The summed E-state index contributed by atoms with van der Waals surface area (Å²) in [5.74, 6) is 2.01. The first-order valence-corrected chi connectivity index (χ1v) is 12.8. The summed E-state index contributed by atoms with van der Waals surface area (Å²) in [6.07, 6.45) is 5.04. The third-order valence-electron chi connectivity index (χ3n) is 7.31. The van der Waals surface area contributed by atoms with Crippen molar-refractivity contribution in [2.45, 2.75) is 38.7 Å². The Hall–Kier alpha value is -3.33. The van der Waals surface area contributed by atoms with E-state index in [2.05, 4.69) is 22.1 Å². The number of aromatic nitrogens is 3. The van der Waals surface area contributed by atoms with Crippen molar-refractivity contribution >= 4 is 45.9 Å². The molecule has 36 heavy (non-hydrogen) atoms. The number of benzene rings is 1. The lowest BCUT2D eigenvalue weighted by molar-refractivity contribution is -0.132. The van der Waals surface area contributed by atoms with E-state index in [1.807, 2.05) is 18.2 Å². The zero-order valence-corrected chi connectivity index (χ0v) is 21.6. The summed E-state index contributed by atoms with van der Waals surface area (Å²) in [5, 5.41) is 4.53. The number of hydrogen-bond donors (Lipinski definition) is 1. The number of pyridine rings is 1. The van der Waals surface area contributed by atoms with E-state index in [0.717, 1.165) is 48.4 Å². The molecule has 2 aromatic heterocycles. The molecule has 1 N–H and O–H groups in total. The maximum Gasteiger partial charge on any atom is 0.293 e. The number of carbonyl (C=O) groups excluding carboxylic acids is 1. The van der Waals surface area contributed by atoms with Gasteiger partial charge < -0.3 is 24.4 Å². The van der Waals surface area contributed by atoms with Crippen molar-refractivity contribution in [3.05, 3.63) is 45.8 Å². The first-order valence-electron chi connectivity index (χ1n) is 12.4. The number of likely N-dealkylation sites (N-methyl/N-ethyl adjacent to an activating group) is 1. The van der Waals surface area contributed by atoms with Crippen LogP contribution in [0.1, 0.15) is 32.6 Å². The highest BCUT2D eigenvalue weighted by molar-refractivity contribution is 6.32. The van der Waals surface area contributed by atoms with E-state index in [-0.39, 0.29) is 17.2 Å². The molecule has 5 rings (SSSR count). The Morgan fingerprint density at radius 1 is 1.11 bits per heavy atom. The molecule has 4 heterocycles. The number of fused-ring (bicyclic) bond motifs is 1. The molecule has 1 atom stereocenters. The van der Waals surface area contributed by atoms with Crippen LogP contribution in [0.25, 0.3) is 10.9 Å². The number of piperidine rings is 1. The number of aryl methyl sites for hydroxylation is 1. The van der Waals surface area contributed by atoms with E-state index < -0.39 is 6.10 Å². The maximum atomic E-state index is 12.9. The Kier molecular flexibility index (Phi) is 6.75. The zero-order chi connectivity index (χ0) is 25.4. The van der Waals surface area contributed by atoms with Gasteiger partial charge in [0.2, 0.25) is 5.95 Å². The van der Waals surface area contributed by atoms with Gasteiger partial charge in [0.25, 0.3) is 11.5 Å². The third kappa shape index (κ3) is 4.72. The SMILES string of the molecule is CCC1CCN(c2ncc(Cl)c(Nc3ccc4c(c3)cc(O[C@@H]3CCN(C)C3=O)c(=O)n4C)n2)CC1. The highest BCUT2D eigenvalue weighted by atomic mass is 35.5. The van der Waals surface area contributed by atoms with Gasteiger partial charge in [0, 0.05) is 51.2 Å². The van der Waals surface area contributed by atoms with Crippen LogP contribution >= 0.6 is 11.6 Å². The molecule has 1 aromatic carbocycles. The first-order chi connectivity index (χ1) is 17.3. The van der Waals surface area contributed by atoms with Crippen molar-refractivity contribution < 1.29 is 9.53 Å².